The Bertz CT molecular complexity index is 1030. The van der Waals surface area contributed by atoms with Crippen LogP contribution < -0.4 is 0 Å². The zero-order valence-electron chi connectivity index (χ0n) is 15.8. The minimum atomic E-state index is -3.35. The molecule has 1 saturated carbocycles. The maximum Gasteiger partial charge on any atom is 0.274 e. The molecule has 2 saturated heterocycles. The first kappa shape index (κ1) is 17.8. The molecule has 2 aromatic heterocycles. The van der Waals surface area contributed by atoms with E-state index in [0.29, 0.717) is 49.5 Å². The van der Waals surface area contributed by atoms with Crippen LogP contribution in [0.25, 0.3) is 0 Å². The summed E-state index contributed by atoms with van der Waals surface area (Å²) < 4.78 is 32.9. The van der Waals surface area contributed by atoms with Crippen molar-refractivity contribution in [2.75, 3.05) is 32.4 Å². The van der Waals surface area contributed by atoms with Crippen molar-refractivity contribution in [3.63, 3.8) is 0 Å². The average Bonchev–Trinajstić information content (AvgIpc) is 3.03. The maximum absolute atomic E-state index is 12.7. The number of nitrogens with zero attached hydrogens (tertiary/aromatic N) is 6. The van der Waals surface area contributed by atoms with E-state index in [0.717, 1.165) is 12.8 Å². The van der Waals surface area contributed by atoms with Gasteiger partial charge in [0.05, 0.1) is 12.2 Å². The van der Waals surface area contributed by atoms with Crippen molar-refractivity contribution in [2.45, 2.75) is 24.7 Å². The molecule has 2 aromatic rings. The van der Waals surface area contributed by atoms with E-state index in [9.17, 15) is 13.2 Å². The Morgan fingerprint density at radius 1 is 1.29 bits per heavy atom. The number of aromatic nitrogens is 4. The highest BCUT2D eigenvalue weighted by atomic mass is 32.2. The van der Waals surface area contributed by atoms with Crippen LogP contribution in [-0.2, 0) is 17.1 Å². The molecular formula is C17H22N6O4S. The normalized spacial score (nSPS) is 24.6. The predicted molar refractivity (Wildman–Crippen MR) is 97.0 cm³/mol. The van der Waals surface area contributed by atoms with E-state index < -0.39 is 15.4 Å². The van der Waals surface area contributed by atoms with Gasteiger partial charge in [0.15, 0.2) is 5.82 Å². The third-order valence-electron chi connectivity index (χ3n) is 6.02. The van der Waals surface area contributed by atoms with Gasteiger partial charge in [0.1, 0.15) is 5.69 Å². The number of hydrogen-bond acceptors (Lipinski definition) is 7. The second-order valence-corrected chi connectivity index (χ2v) is 10.3. The molecule has 0 bridgehead atoms. The van der Waals surface area contributed by atoms with Crippen LogP contribution in [0.3, 0.4) is 0 Å². The summed E-state index contributed by atoms with van der Waals surface area (Å²) in [6, 6.07) is 1.68. The summed E-state index contributed by atoms with van der Waals surface area (Å²) in [6.07, 6.45) is 5.07. The molecule has 1 atom stereocenters. The van der Waals surface area contributed by atoms with E-state index in [1.54, 1.807) is 28.9 Å². The molecule has 5 rings (SSSR count). The molecule has 0 N–H and O–H groups in total. The van der Waals surface area contributed by atoms with E-state index in [2.05, 4.69) is 15.2 Å². The summed E-state index contributed by atoms with van der Waals surface area (Å²) >= 11 is 0. The van der Waals surface area contributed by atoms with Crippen molar-refractivity contribution in [3.05, 3.63) is 29.7 Å². The monoisotopic (exact) mass is 406 g/mol. The Labute approximate surface area is 162 Å². The van der Waals surface area contributed by atoms with Gasteiger partial charge in [-0.15, -0.1) is 0 Å². The molecule has 28 heavy (non-hydrogen) atoms. The zero-order chi connectivity index (χ0) is 19.7. The average molecular weight is 406 g/mol. The van der Waals surface area contributed by atoms with Crippen molar-refractivity contribution in [1.82, 2.24) is 29.1 Å². The first-order chi connectivity index (χ1) is 13.2. The smallest absolute Gasteiger partial charge is 0.274 e. The standard InChI is InChI=1S/C17H22N6O4S/c1-21-6-5-13(19-21)16(24)22-8-17(9-22)10-23(28(2,25)26)7-12(17)15-18-14(20-27-15)11-3-4-11/h5-6,11-12H,3-4,7-10H2,1-2H3. The van der Waals surface area contributed by atoms with Crippen LogP contribution in [0.15, 0.2) is 16.8 Å². The lowest BCUT2D eigenvalue weighted by Crippen LogP contribution is -2.61. The number of rotatable bonds is 4. The fraction of sp³-hybridized carbons (Fsp3) is 0.647. The highest BCUT2D eigenvalue weighted by Crippen LogP contribution is 2.50. The van der Waals surface area contributed by atoms with Crippen LogP contribution in [0.4, 0.5) is 0 Å². The van der Waals surface area contributed by atoms with Gasteiger partial charge in [-0.3, -0.25) is 9.48 Å². The summed E-state index contributed by atoms with van der Waals surface area (Å²) in [5.41, 5.74) is -0.0124. The maximum atomic E-state index is 12.7. The molecule has 0 radical (unpaired) electrons. The molecule has 10 nitrogen and oxygen atoms in total. The van der Waals surface area contributed by atoms with Crippen LogP contribution in [0.2, 0.25) is 0 Å². The van der Waals surface area contributed by atoms with Crippen LogP contribution in [0.1, 0.15) is 46.9 Å². The summed E-state index contributed by atoms with van der Waals surface area (Å²) in [6.45, 7) is 1.54. The molecule has 3 fully saturated rings. The molecule has 1 amide bonds. The van der Waals surface area contributed by atoms with Crippen LogP contribution in [-0.4, -0.2) is 75.9 Å². The van der Waals surface area contributed by atoms with Crippen molar-refractivity contribution < 1.29 is 17.7 Å². The van der Waals surface area contributed by atoms with Crippen LogP contribution >= 0.6 is 0 Å². The van der Waals surface area contributed by atoms with Gasteiger partial charge in [-0.25, -0.2) is 12.7 Å². The van der Waals surface area contributed by atoms with Gasteiger partial charge in [0, 0.05) is 50.8 Å². The van der Waals surface area contributed by atoms with E-state index in [4.69, 9.17) is 4.52 Å². The van der Waals surface area contributed by atoms with Gasteiger partial charge in [-0.05, 0) is 18.9 Å². The summed E-state index contributed by atoms with van der Waals surface area (Å²) in [5, 5.41) is 8.26. The van der Waals surface area contributed by atoms with Crippen molar-refractivity contribution in [1.29, 1.82) is 0 Å². The first-order valence-corrected chi connectivity index (χ1v) is 11.2. The molecule has 2 aliphatic heterocycles. The van der Waals surface area contributed by atoms with E-state index in [1.165, 1.54) is 10.6 Å². The number of amides is 1. The third kappa shape index (κ3) is 2.84. The lowest BCUT2D eigenvalue weighted by Gasteiger charge is -2.49. The SMILES string of the molecule is Cn1ccc(C(=O)N2CC3(C2)CN(S(C)(=O)=O)CC3c2nc(C3CC3)no2)n1. The molecule has 4 heterocycles. The minimum Gasteiger partial charge on any atom is -0.339 e. The topological polar surface area (TPSA) is 114 Å². The number of carbonyl (C=O) groups excluding carboxylic acids is 1. The Kier molecular flexibility index (Phi) is 3.73. The number of likely N-dealkylation sites (tertiary alicyclic amines) is 1. The van der Waals surface area contributed by atoms with Gasteiger partial charge in [0.2, 0.25) is 15.9 Å². The molecule has 1 spiro atoms. The fourth-order valence-corrected chi connectivity index (χ4v) is 5.19. The van der Waals surface area contributed by atoms with Crippen LogP contribution in [0, 0.1) is 5.41 Å². The van der Waals surface area contributed by atoms with Crippen molar-refractivity contribution in [2.24, 2.45) is 12.5 Å². The molecule has 0 aromatic carbocycles. The fourth-order valence-electron chi connectivity index (χ4n) is 4.28. The Morgan fingerprint density at radius 2 is 2.04 bits per heavy atom. The molecular weight excluding hydrogens is 384 g/mol. The van der Waals surface area contributed by atoms with Crippen LogP contribution in [0.5, 0.6) is 0 Å². The number of aryl methyl sites for hydroxylation is 1. The van der Waals surface area contributed by atoms with Gasteiger partial charge in [-0.2, -0.15) is 10.1 Å². The highest BCUT2D eigenvalue weighted by Gasteiger charge is 2.59. The Hall–Kier alpha value is -2.27. The predicted octanol–water partition coefficient (Wildman–Crippen LogP) is 0.182. The minimum absolute atomic E-state index is 0.146. The Balaban J connectivity index is 1.40. The van der Waals surface area contributed by atoms with E-state index >= 15 is 0 Å². The number of sulfonamides is 1. The summed E-state index contributed by atoms with van der Waals surface area (Å²) in [7, 11) is -1.59. The second-order valence-electron chi connectivity index (χ2n) is 8.27. The second kappa shape index (κ2) is 5.86. The van der Waals surface area contributed by atoms with Gasteiger partial charge in [-0.1, -0.05) is 5.16 Å². The quantitative estimate of drug-likeness (QED) is 0.711. The van der Waals surface area contributed by atoms with E-state index in [1.807, 2.05) is 0 Å². The van der Waals surface area contributed by atoms with Gasteiger partial charge >= 0.3 is 0 Å². The zero-order valence-corrected chi connectivity index (χ0v) is 16.6. The summed E-state index contributed by atoms with van der Waals surface area (Å²) in [4.78, 5) is 18.9. The lowest BCUT2D eigenvalue weighted by atomic mass is 9.71. The van der Waals surface area contributed by atoms with E-state index in [-0.39, 0.29) is 11.8 Å². The van der Waals surface area contributed by atoms with Crippen molar-refractivity contribution in [3.8, 4) is 0 Å². The number of carbonyl (C=O) groups is 1. The molecule has 11 heteroatoms. The van der Waals surface area contributed by atoms with Gasteiger partial charge in [0.25, 0.3) is 5.91 Å². The summed E-state index contributed by atoms with van der Waals surface area (Å²) in [5.74, 6) is 1.20. The lowest BCUT2D eigenvalue weighted by molar-refractivity contribution is 0.000837. The Morgan fingerprint density at radius 3 is 2.64 bits per heavy atom. The molecule has 150 valence electrons. The molecule has 1 unspecified atom stereocenters. The highest BCUT2D eigenvalue weighted by molar-refractivity contribution is 7.88. The van der Waals surface area contributed by atoms with Crippen molar-refractivity contribution >= 4 is 15.9 Å². The molecule has 1 aliphatic carbocycles. The van der Waals surface area contributed by atoms with Gasteiger partial charge < -0.3 is 9.42 Å². The first-order valence-electron chi connectivity index (χ1n) is 9.33. The largest absolute Gasteiger partial charge is 0.339 e. The number of hydrogen-bond donors (Lipinski definition) is 0. The molecule has 3 aliphatic rings. The third-order valence-corrected chi connectivity index (χ3v) is 7.23.